The molecule has 1 saturated carbocycles. The van der Waals surface area contributed by atoms with Crippen molar-refractivity contribution in [2.75, 3.05) is 6.61 Å². The molecule has 1 fully saturated rings. The second-order valence-electron chi connectivity index (χ2n) is 3.73. The lowest BCUT2D eigenvalue weighted by atomic mass is 9.59. The van der Waals surface area contributed by atoms with Crippen LogP contribution in [0.15, 0.2) is 0 Å². The maximum Gasteiger partial charge on any atom is 0.0660 e. The summed E-state index contributed by atoms with van der Waals surface area (Å²) in [5, 5.41) is 0. The van der Waals surface area contributed by atoms with Gasteiger partial charge >= 0.3 is 0 Å². The first kappa shape index (κ1) is 10.0. The molecule has 0 radical (unpaired) electrons. The Labute approximate surface area is 75.5 Å². The van der Waals surface area contributed by atoms with Gasteiger partial charge < -0.3 is 10.5 Å². The van der Waals surface area contributed by atoms with Gasteiger partial charge in [-0.15, -0.1) is 0 Å². The largest absolute Gasteiger partial charge is 0.378 e. The zero-order valence-electron chi connectivity index (χ0n) is 8.47. The molecule has 0 aromatic carbocycles. The summed E-state index contributed by atoms with van der Waals surface area (Å²) in [6, 6.07) is 0.365. The van der Waals surface area contributed by atoms with Crippen molar-refractivity contribution in [2.24, 2.45) is 11.1 Å². The molecule has 0 unspecified atom stereocenters. The molecule has 0 aromatic rings. The fourth-order valence-corrected chi connectivity index (χ4v) is 2.44. The Morgan fingerprint density at radius 3 is 2.25 bits per heavy atom. The van der Waals surface area contributed by atoms with Crippen molar-refractivity contribution in [1.82, 2.24) is 0 Å². The van der Waals surface area contributed by atoms with Gasteiger partial charge in [0.1, 0.15) is 0 Å². The summed E-state index contributed by atoms with van der Waals surface area (Å²) in [6.45, 7) is 7.31. The average Bonchev–Trinajstić information content (AvgIpc) is 2.07. The third-order valence-electron chi connectivity index (χ3n) is 3.53. The Balaban J connectivity index is 2.56. The highest BCUT2D eigenvalue weighted by Crippen LogP contribution is 2.47. The first-order chi connectivity index (χ1) is 5.71. The second kappa shape index (κ2) is 3.75. The Morgan fingerprint density at radius 2 is 1.92 bits per heavy atom. The first-order valence-corrected chi connectivity index (χ1v) is 5.08. The average molecular weight is 171 g/mol. The summed E-state index contributed by atoms with van der Waals surface area (Å²) in [6.07, 6.45) is 3.77. The van der Waals surface area contributed by atoms with E-state index in [1.165, 1.54) is 0 Å². The molecule has 72 valence electrons. The molecule has 0 amide bonds. The second-order valence-corrected chi connectivity index (χ2v) is 3.73. The molecule has 0 aliphatic heterocycles. The van der Waals surface area contributed by atoms with Crippen LogP contribution in [0.5, 0.6) is 0 Å². The van der Waals surface area contributed by atoms with Crippen molar-refractivity contribution in [3.63, 3.8) is 0 Å². The lowest BCUT2D eigenvalue weighted by Crippen LogP contribution is -2.61. The lowest BCUT2D eigenvalue weighted by Gasteiger charge is -2.53. The summed E-state index contributed by atoms with van der Waals surface area (Å²) < 4.78 is 5.67. The summed E-state index contributed by atoms with van der Waals surface area (Å²) in [5.74, 6) is 0. The summed E-state index contributed by atoms with van der Waals surface area (Å²) in [4.78, 5) is 0. The van der Waals surface area contributed by atoms with Crippen LogP contribution < -0.4 is 5.73 Å². The fourth-order valence-electron chi connectivity index (χ4n) is 2.44. The van der Waals surface area contributed by atoms with Gasteiger partial charge in [0, 0.05) is 18.1 Å². The van der Waals surface area contributed by atoms with Crippen molar-refractivity contribution in [3.8, 4) is 0 Å². The zero-order chi connectivity index (χ0) is 9.19. The molecule has 2 N–H and O–H groups in total. The summed E-state index contributed by atoms with van der Waals surface area (Å²) in [7, 11) is 0. The Bertz CT molecular complexity index is 141. The van der Waals surface area contributed by atoms with E-state index < -0.39 is 0 Å². The van der Waals surface area contributed by atoms with E-state index in [1.807, 2.05) is 0 Å². The highest BCUT2D eigenvalue weighted by atomic mass is 16.5. The first-order valence-electron chi connectivity index (χ1n) is 5.08. The smallest absolute Gasteiger partial charge is 0.0660 e. The topological polar surface area (TPSA) is 35.2 Å². The molecule has 12 heavy (non-hydrogen) atoms. The molecule has 2 atom stereocenters. The van der Waals surface area contributed by atoms with E-state index >= 15 is 0 Å². The van der Waals surface area contributed by atoms with Crippen LogP contribution in [-0.2, 0) is 4.74 Å². The predicted octanol–water partition coefficient (Wildman–Crippen LogP) is 1.93. The van der Waals surface area contributed by atoms with Crippen LogP contribution in [0.25, 0.3) is 0 Å². The molecule has 0 spiro atoms. The van der Waals surface area contributed by atoms with Gasteiger partial charge in [0.2, 0.25) is 0 Å². The third kappa shape index (κ3) is 1.27. The SMILES string of the molecule is CCO[C@@H]1C[C@H](N)C1(CC)CC. The number of hydrogen-bond donors (Lipinski definition) is 1. The van der Waals surface area contributed by atoms with Crippen LogP contribution >= 0.6 is 0 Å². The van der Waals surface area contributed by atoms with Gasteiger partial charge in [-0.25, -0.2) is 0 Å². The van der Waals surface area contributed by atoms with Crippen molar-refractivity contribution in [2.45, 2.75) is 52.2 Å². The quantitative estimate of drug-likeness (QED) is 0.701. The van der Waals surface area contributed by atoms with Crippen molar-refractivity contribution in [3.05, 3.63) is 0 Å². The van der Waals surface area contributed by atoms with Gasteiger partial charge in [-0.2, -0.15) is 0 Å². The molecule has 0 saturated heterocycles. The van der Waals surface area contributed by atoms with E-state index in [-0.39, 0.29) is 5.41 Å². The van der Waals surface area contributed by atoms with Gasteiger partial charge in [0.05, 0.1) is 6.10 Å². The monoisotopic (exact) mass is 171 g/mol. The van der Waals surface area contributed by atoms with Gasteiger partial charge in [-0.3, -0.25) is 0 Å². The van der Waals surface area contributed by atoms with E-state index in [9.17, 15) is 0 Å². The number of nitrogens with two attached hydrogens (primary N) is 1. The third-order valence-corrected chi connectivity index (χ3v) is 3.53. The zero-order valence-corrected chi connectivity index (χ0v) is 8.47. The van der Waals surface area contributed by atoms with Gasteiger partial charge in [-0.1, -0.05) is 13.8 Å². The van der Waals surface area contributed by atoms with Crippen molar-refractivity contribution in [1.29, 1.82) is 0 Å². The highest BCUT2D eigenvalue weighted by Gasteiger charge is 2.51. The molecular weight excluding hydrogens is 150 g/mol. The minimum Gasteiger partial charge on any atom is -0.378 e. The van der Waals surface area contributed by atoms with Gasteiger partial charge in [-0.05, 0) is 26.2 Å². The minimum absolute atomic E-state index is 0.288. The molecular formula is C10H21NO. The lowest BCUT2D eigenvalue weighted by molar-refractivity contribution is -0.127. The predicted molar refractivity (Wildman–Crippen MR) is 51.0 cm³/mol. The molecule has 0 aromatic heterocycles. The molecule has 0 heterocycles. The Morgan fingerprint density at radius 1 is 1.33 bits per heavy atom. The molecule has 0 bridgehead atoms. The van der Waals surface area contributed by atoms with Crippen LogP contribution in [-0.4, -0.2) is 18.8 Å². The molecule has 2 nitrogen and oxygen atoms in total. The molecule has 1 rings (SSSR count). The van der Waals surface area contributed by atoms with Crippen molar-refractivity contribution < 1.29 is 4.74 Å². The highest BCUT2D eigenvalue weighted by molar-refractivity contribution is 5.05. The van der Waals surface area contributed by atoms with Gasteiger partial charge in [0.25, 0.3) is 0 Å². The number of hydrogen-bond acceptors (Lipinski definition) is 2. The summed E-state index contributed by atoms with van der Waals surface area (Å²) in [5.41, 5.74) is 6.31. The standard InChI is InChI=1S/C10H21NO/c1-4-10(5-2)8(11)7-9(10)12-6-3/h8-9H,4-7,11H2,1-3H3/t8-,9+/m0/s1. The number of rotatable bonds is 4. The maximum absolute atomic E-state index is 6.02. The van der Waals surface area contributed by atoms with E-state index in [0.29, 0.717) is 12.1 Å². The summed E-state index contributed by atoms with van der Waals surface area (Å²) >= 11 is 0. The Kier molecular flexibility index (Phi) is 3.13. The molecule has 2 heteroatoms. The van der Waals surface area contributed by atoms with Gasteiger partial charge in [0.15, 0.2) is 0 Å². The van der Waals surface area contributed by atoms with Crippen LogP contribution in [0, 0.1) is 5.41 Å². The maximum atomic E-state index is 6.02. The van der Waals surface area contributed by atoms with Crippen LogP contribution in [0.4, 0.5) is 0 Å². The van der Waals surface area contributed by atoms with E-state index in [1.54, 1.807) is 0 Å². The van der Waals surface area contributed by atoms with E-state index in [0.717, 1.165) is 25.9 Å². The Hall–Kier alpha value is -0.0800. The molecule has 1 aliphatic rings. The minimum atomic E-state index is 0.288. The van der Waals surface area contributed by atoms with Crippen LogP contribution in [0.1, 0.15) is 40.0 Å². The van der Waals surface area contributed by atoms with E-state index in [2.05, 4.69) is 20.8 Å². The molecule has 1 aliphatic carbocycles. The van der Waals surface area contributed by atoms with E-state index in [4.69, 9.17) is 10.5 Å². The number of ether oxygens (including phenoxy) is 1. The fraction of sp³-hybridized carbons (Fsp3) is 1.00. The van der Waals surface area contributed by atoms with Crippen LogP contribution in [0.3, 0.4) is 0 Å². The van der Waals surface area contributed by atoms with Crippen LogP contribution in [0.2, 0.25) is 0 Å². The van der Waals surface area contributed by atoms with Crippen molar-refractivity contribution >= 4 is 0 Å². The normalized spacial score (nSPS) is 33.0.